The van der Waals surface area contributed by atoms with E-state index in [1.54, 1.807) is 18.7 Å². The van der Waals surface area contributed by atoms with Crippen LogP contribution in [0.25, 0.3) is 16.6 Å². The number of carbonyl (C=O) groups excluding carboxylic acids is 1. The third kappa shape index (κ3) is 3.45. The third-order valence-electron chi connectivity index (χ3n) is 4.11. The molecule has 1 N–H and O–H groups in total. The second-order valence-corrected chi connectivity index (χ2v) is 6.32. The Kier molecular flexibility index (Phi) is 4.41. The Morgan fingerprint density at radius 3 is 2.77 bits per heavy atom. The van der Waals surface area contributed by atoms with E-state index in [9.17, 15) is 4.79 Å². The molecule has 0 saturated heterocycles. The topological polar surface area (TPSA) is 64.7 Å². The number of benzene rings is 2. The molecule has 0 bridgehead atoms. The molecule has 0 aliphatic heterocycles. The predicted molar refractivity (Wildman–Crippen MR) is 102 cm³/mol. The first-order valence-electron chi connectivity index (χ1n) is 8.18. The van der Waals surface area contributed by atoms with Gasteiger partial charge in [0, 0.05) is 40.6 Å². The van der Waals surface area contributed by atoms with Gasteiger partial charge in [0.1, 0.15) is 0 Å². The molecule has 26 heavy (non-hydrogen) atoms. The second-order valence-electron chi connectivity index (χ2n) is 5.89. The maximum atomic E-state index is 12.2. The number of hydrogen-bond donors (Lipinski definition) is 1. The van der Waals surface area contributed by atoms with Crippen molar-refractivity contribution < 1.29 is 4.79 Å². The van der Waals surface area contributed by atoms with E-state index in [0.717, 1.165) is 22.3 Å². The highest BCUT2D eigenvalue weighted by Gasteiger charge is 2.07. The molecule has 0 atom stereocenters. The van der Waals surface area contributed by atoms with Crippen molar-refractivity contribution in [2.75, 3.05) is 5.32 Å². The molecule has 130 valence electrons. The zero-order valence-electron chi connectivity index (χ0n) is 13.8. The number of fused-ring (bicyclic) bond motifs is 1. The lowest BCUT2D eigenvalue weighted by Gasteiger charge is -2.08. The van der Waals surface area contributed by atoms with E-state index in [1.165, 1.54) is 0 Å². The van der Waals surface area contributed by atoms with Crippen LogP contribution in [-0.4, -0.2) is 25.2 Å². The Morgan fingerprint density at radius 2 is 2.00 bits per heavy atom. The molecule has 2 aromatic carbocycles. The molecule has 0 unspecified atom stereocenters. The zero-order valence-corrected chi connectivity index (χ0v) is 14.6. The van der Waals surface area contributed by atoms with Crippen LogP contribution in [0.5, 0.6) is 0 Å². The van der Waals surface area contributed by atoms with E-state index in [4.69, 9.17) is 11.6 Å². The van der Waals surface area contributed by atoms with Gasteiger partial charge in [-0.15, -0.1) is 0 Å². The zero-order chi connectivity index (χ0) is 17.9. The summed E-state index contributed by atoms with van der Waals surface area (Å²) in [5.74, 6) is -0.0574. The van der Waals surface area contributed by atoms with Crippen LogP contribution >= 0.6 is 11.6 Å². The molecule has 4 rings (SSSR count). The number of aromatic nitrogens is 4. The van der Waals surface area contributed by atoms with E-state index in [2.05, 4.69) is 15.4 Å². The minimum atomic E-state index is -0.0574. The van der Waals surface area contributed by atoms with Gasteiger partial charge in [0.2, 0.25) is 5.91 Å². The fourth-order valence-corrected chi connectivity index (χ4v) is 2.98. The number of nitrogens with one attached hydrogen (secondary N) is 1. The van der Waals surface area contributed by atoms with Gasteiger partial charge in [-0.05, 0) is 42.5 Å². The summed E-state index contributed by atoms with van der Waals surface area (Å²) in [6.45, 7) is 0.504. The summed E-state index contributed by atoms with van der Waals surface area (Å²) in [6.07, 6.45) is 7.42. The van der Waals surface area contributed by atoms with Crippen LogP contribution in [0, 0.1) is 0 Å². The van der Waals surface area contributed by atoms with Crippen LogP contribution in [0.3, 0.4) is 0 Å². The molecule has 0 radical (unpaired) electrons. The average Bonchev–Trinajstić information content (AvgIpc) is 3.30. The van der Waals surface area contributed by atoms with Crippen molar-refractivity contribution in [3.05, 3.63) is 72.4 Å². The number of anilines is 1. The van der Waals surface area contributed by atoms with Crippen LogP contribution in [0.15, 0.2) is 67.4 Å². The van der Waals surface area contributed by atoms with Crippen molar-refractivity contribution in [3.63, 3.8) is 0 Å². The van der Waals surface area contributed by atoms with Crippen molar-refractivity contribution in [1.82, 2.24) is 19.3 Å². The van der Waals surface area contributed by atoms with Crippen molar-refractivity contribution in [1.29, 1.82) is 0 Å². The van der Waals surface area contributed by atoms with Crippen LogP contribution in [0.2, 0.25) is 5.02 Å². The molecule has 4 aromatic rings. The molecule has 0 saturated carbocycles. The first-order chi connectivity index (χ1) is 12.7. The number of imidazole rings is 1. The van der Waals surface area contributed by atoms with Crippen molar-refractivity contribution in [3.8, 4) is 5.69 Å². The summed E-state index contributed by atoms with van der Waals surface area (Å²) in [5, 5.41) is 8.87. The summed E-state index contributed by atoms with van der Waals surface area (Å²) in [7, 11) is 0. The van der Waals surface area contributed by atoms with Crippen molar-refractivity contribution in [2.45, 2.75) is 13.0 Å². The van der Waals surface area contributed by atoms with Crippen LogP contribution < -0.4 is 5.32 Å². The van der Waals surface area contributed by atoms with E-state index >= 15 is 0 Å². The Labute approximate surface area is 155 Å². The summed E-state index contributed by atoms with van der Waals surface area (Å²) in [6, 6.07) is 13.2. The molecule has 2 heterocycles. The fraction of sp³-hybridized carbons (Fsp3) is 0.105. The average molecular weight is 366 g/mol. The molecule has 0 spiro atoms. The molecule has 0 aliphatic carbocycles. The number of amides is 1. The smallest absolute Gasteiger partial charge is 0.226 e. The number of hydrogen-bond acceptors (Lipinski definition) is 3. The first kappa shape index (κ1) is 16.4. The second kappa shape index (κ2) is 7.01. The molecule has 6 nitrogen and oxygen atoms in total. The van der Waals surface area contributed by atoms with Crippen LogP contribution in [0.4, 0.5) is 5.69 Å². The highest BCUT2D eigenvalue weighted by molar-refractivity contribution is 6.31. The minimum absolute atomic E-state index is 0.0574. The van der Waals surface area contributed by atoms with Crippen molar-refractivity contribution >= 4 is 34.1 Å². The molecular weight excluding hydrogens is 350 g/mol. The van der Waals surface area contributed by atoms with Gasteiger partial charge in [0.15, 0.2) is 0 Å². The summed E-state index contributed by atoms with van der Waals surface area (Å²) in [4.78, 5) is 16.2. The van der Waals surface area contributed by atoms with Gasteiger partial charge in [-0.1, -0.05) is 11.6 Å². The lowest BCUT2D eigenvalue weighted by atomic mass is 10.2. The Balaban J connectivity index is 1.37. The summed E-state index contributed by atoms with van der Waals surface area (Å²) >= 11 is 5.98. The monoisotopic (exact) mass is 365 g/mol. The van der Waals surface area contributed by atoms with Gasteiger partial charge in [-0.3, -0.25) is 9.48 Å². The van der Waals surface area contributed by atoms with E-state index in [-0.39, 0.29) is 5.91 Å². The maximum absolute atomic E-state index is 12.2. The molecule has 1 amide bonds. The standard InChI is InChI=1S/C19H16ClN5O/c20-15-1-6-18-14(11-15)12-22-25(18)9-7-19(26)23-16-2-4-17(5-3-16)24-10-8-21-13-24/h1-6,8,10-13H,7,9H2,(H,23,26). The summed E-state index contributed by atoms with van der Waals surface area (Å²) in [5.41, 5.74) is 2.71. The highest BCUT2D eigenvalue weighted by atomic mass is 35.5. The number of halogens is 1. The van der Waals surface area contributed by atoms with Crippen LogP contribution in [-0.2, 0) is 11.3 Å². The Hall–Kier alpha value is -3.12. The van der Waals surface area contributed by atoms with E-state index in [0.29, 0.717) is 18.0 Å². The summed E-state index contributed by atoms with van der Waals surface area (Å²) < 4.78 is 3.72. The van der Waals surface area contributed by atoms with E-state index < -0.39 is 0 Å². The number of aryl methyl sites for hydroxylation is 1. The van der Waals surface area contributed by atoms with Gasteiger partial charge < -0.3 is 9.88 Å². The molecule has 0 aliphatic rings. The van der Waals surface area contributed by atoms with Gasteiger partial charge in [-0.25, -0.2) is 4.98 Å². The highest BCUT2D eigenvalue weighted by Crippen LogP contribution is 2.19. The predicted octanol–water partition coefficient (Wildman–Crippen LogP) is 3.90. The lowest BCUT2D eigenvalue weighted by Crippen LogP contribution is -2.15. The van der Waals surface area contributed by atoms with E-state index in [1.807, 2.05) is 57.9 Å². The van der Waals surface area contributed by atoms with Gasteiger partial charge in [0.25, 0.3) is 0 Å². The van der Waals surface area contributed by atoms with Gasteiger partial charge in [0.05, 0.1) is 24.6 Å². The number of nitrogens with zero attached hydrogens (tertiary/aromatic N) is 4. The normalized spacial score (nSPS) is 11.0. The van der Waals surface area contributed by atoms with Gasteiger partial charge >= 0.3 is 0 Å². The SMILES string of the molecule is O=C(CCn1ncc2cc(Cl)ccc21)Nc1ccc(-n2ccnc2)cc1. The quantitative estimate of drug-likeness (QED) is 0.583. The largest absolute Gasteiger partial charge is 0.326 e. The first-order valence-corrected chi connectivity index (χ1v) is 8.56. The minimum Gasteiger partial charge on any atom is -0.326 e. The molecule has 2 aromatic heterocycles. The molecule has 7 heteroatoms. The lowest BCUT2D eigenvalue weighted by molar-refractivity contribution is -0.116. The van der Waals surface area contributed by atoms with Crippen molar-refractivity contribution in [2.24, 2.45) is 0 Å². The number of carbonyl (C=O) groups is 1. The molecular formula is C19H16ClN5O. The van der Waals surface area contributed by atoms with Gasteiger partial charge in [-0.2, -0.15) is 5.10 Å². The third-order valence-corrected chi connectivity index (χ3v) is 4.34. The Bertz CT molecular complexity index is 1040. The number of rotatable bonds is 5. The van der Waals surface area contributed by atoms with Crippen LogP contribution in [0.1, 0.15) is 6.42 Å². The Morgan fingerprint density at radius 1 is 1.15 bits per heavy atom. The molecule has 0 fully saturated rings. The fourth-order valence-electron chi connectivity index (χ4n) is 2.80. The maximum Gasteiger partial charge on any atom is 0.226 e.